The van der Waals surface area contributed by atoms with E-state index >= 15 is 0 Å². The van der Waals surface area contributed by atoms with Crippen molar-refractivity contribution in [1.82, 2.24) is 30.0 Å². The average Bonchev–Trinajstić information content (AvgIpc) is 3.40. The summed E-state index contributed by atoms with van der Waals surface area (Å²) in [6, 6.07) is 10.0. The molecule has 3 heterocycles. The summed E-state index contributed by atoms with van der Waals surface area (Å²) in [4.78, 5) is 16.5. The summed E-state index contributed by atoms with van der Waals surface area (Å²) < 4.78 is 3.67. The van der Waals surface area contributed by atoms with E-state index in [1.807, 2.05) is 47.3 Å². The molecule has 0 unspecified atom stereocenters. The summed E-state index contributed by atoms with van der Waals surface area (Å²) in [5.74, 6) is 0.400. The Morgan fingerprint density at radius 3 is 3.00 bits per heavy atom. The van der Waals surface area contributed by atoms with Crippen molar-refractivity contribution in [1.29, 1.82) is 0 Å². The number of nitrogens with zero attached hydrogens (tertiary/aromatic N) is 4. The van der Waals surface area contributed by atoms with Gasteiger partial charge in [-0.05, 0) is 37.1 Å². The van der Waals surface area contributed by atoms with Gasteiger partial charge in [0.15, 0.2) is 0 Å². The van der Waals surface area contributed by atoms with Crippen LogP contribution in [0.4, 0.5) is 0 Å². The molecule has 4 rings (SSSR count). The Hall–Kier alpha value is -2.93. The van der Waals surface area contributed by atoms with Crippen LogP contribution in [0, 0.1) is 0 Å². The van der Waals surface area contributed by atoms with Crippen LogP contribution in [0.3, 0.4) is 0 Å². The van der Waals surface area contributed by atoms with Crippen molar-refractivity contribution in [2.75, 3.05) is 13.1 Å². The Kier molecular flexibility index (Phi) is 5.29. The first kappa shape index (κ1) is 17.5. The number of piperidine rings is 1. The van der Waals surface area contributed by atoms with Crippen molar-refractivity contribution in [3.63, 3.8) is 0 Å². The minimum Gasteiger partial charge on any atom is -0.350 e. The molecule has 2 N–H and O–H groups in total. The van der Waals surface area contributed by atoms with E-state index in [9.17, 15) is 4.79 Å². The smallest absolute Gasteiger partial charge is 0.241 e. The van der Waals surface area contributed by atoms with E-state index in [0.29, 0.717) is 12.5 Å². The Labute approximate surface area is 158 Å². The monoisotopic (exact) mass is 364 g/mol. The van der Waals surface area contributed by atoms with Gasteiger partial charge in [0.1, 0.15) is 6.54 Å². The predicted molar refractivity (Wildman–Crippen MR) is 102 cm³/mol. The molecule has 0 bridgehead atoms. The van der Waals surface area contributed by atoms with E-state index < -0.39 is 0 Å². The van der Waals surface area contributed by atoms with Gasteiger partial charge in [-0.1, -0.05) is 18.2 Å². The molecule has 3 aromatic rings. The predicted octanol–water partition coefficient (Wildman–Crippen LogP) is 1.85. The van der Waals surface area contributed by atoms with E-state index in [1.54, 1.807) is 17.2 Å². The lowest BCUT2D eigenvalue weighted by Crippen LogP contribution is -2.29. The first-order valence-corrected chi connectivity index (χ1v) is 9.36. The molecular formula is C20H24N6O. The second-order valence-electron chi connectivity index (χ2n) is 6.86. The van der Waals surface area contributed by atoms with Crippen LogP contribution in [-0.2, 0) is 17.9 Å². The molecule has 27 heavy (non-hydrogen) atoms. The van der Waals surface area contributed by atoms with Crippen LogP contribution in [0.15, 0.2) is 55.2 Å². The van der Waals surface area contributed by atoms with E-state index in [-0.39, 0.29) is 12.5 Å². The number of carbonyl (C=O) groups excluding carboxylic acids is 1. The second kappa shape index (κ2) is 8.18. The van der Waals surface area contributed by atoms with Crippen LogP contribution in [0.2, 0.25) is 0 Å². The van der Waals surface area contributed by atoms with Crippen molar-refractivity contribution >= 4 is 5.91 Å². The van der Waals surface area contributed by atoms with E-state index in [4.69, 9.17) is 0 Å². The van der Waals surface area contributed by atoms with E-state index in [1.165, 1.54) is 6.42 Å². The zero-order chi connectivity index (χ0) is 18.5. The zero-order valence-electron chi connectivity index (χ0n) is 15.2. The molecule has 1 atom stereocenters. The molecule has 140 valence electrons. The number of hydrogen-bond acceptors (Lipinski definition) is 4. The molecule has 0 radical (unpaired) electrons. The maximum Gasteiger partial charge on any atom is 0.241 e. The lowest BCUT2D eigenvalue weighted by Gasteiger charge is -2.20. The molecule has 1 fully saturated rings. The summed E-state index contributed by atoms with van der Waals surface area (Å²) >= 11 is 0. The number of nitrogens with one attached hydrogen (secondary N) is 2. The summed E-state index contributed by atoms with van der Waals surface area (Å²) in [7, 11) is 0. The fraction of sp³-hybridized carbons (Fsp3) is 0.350. The standard InChI is InChI=1S/C20H24N6O/c27-20(14-26-10-7-18(24-26)16-5-3-8-21-12-16)23-13-17-4-1-2-6-19(17)25-11-9-22-15-25/h1-2,4,6-7,9-11,15-16,21H,3,5,8,12-14H2,(H,23,27)/t16-/m1/s1. The van der Waals surface area contributed by atoms with Crippen LogP contribution in [-0.4, -0.2) is 38.3 Å². The van der Waals surface area contributed by atoms with Crippen molar-refractivity contribution in [3.05, 3.63) is 66.5 Å². The number of benzene rings is 1. The van der Waals surface area contributed by atoms with Crippen molar-refractivity contribution in [2.24, 2.45) is 0 Å². The van der Waals surface area contributed by atoms with Gasteiger partial charge in [-0.2, -0.15) is 5.10 Å². The first-order valence-electron chi connectivity index (χ1n) is 9.36. The summed E-state index contributed by atoms with van der Waals surface area (Å²) in [6.45, 7) is 2.75. The molecular weight excluding hydrogens is 340 g/mol. The van der Waals surface area contributed by atoms with Gasteiger partial charge in [0, 0.05) is 37.6 Å². The van der Waals surface area contributed by atoms with Gasteiger partial charge in [0.05, 0.1) is 17.7 Å². The highest BCUT2D eigenvalue weighted by Gasteiger charge is 2.18. The van der Waals surface area contributed by atoms with Gasteiger partial charge in [0.2, 0.25) is 5.91 Å². The molecule has 1 aromatic carbocycles. The lowest BCUT2D eigenvalue weighted by atomic mass is 9.97. The molecule has 1 aliphatic rings. The summed E-state index contributed by atoms with van der Waals surface area (Å²) in [5.41, 5.74) is 3.13. The zero-order valence-corrected chi connectivity index (χ0v) is 15.2. The lowest BCUT2D eigenvalue weighted by molar-refractivity contribution is -0.122. The third kappa shape index (κ3) is 4.25. The molecule has 1 aliphatic heterocycles. The quantitative estimate of drug-likeness (QED) is 0.700. The largest absolute Gasteiger partial charge is 0.350 e. The second-order valence-corrected chi connectivity index (χ2v) is 6.86. The summed E-state index contributed by atoms with van der Waals surface area (Å²) in [6.07, 6.45) is 9.61. The Balaban J connectivity index is 1.35. The normalized spacial score (nSPS) is 17.0. The minimum atomic E-state index is -0.0492. The first-order chi connectivity index (χ1) is 13.3. The maximum atomic E-state index is 12.4. The molecule has 7 nitrogen and oxygen atoms in total. The Morgan fingerprint density at radius 2 is 2.19 bits per heavy atom. The van der Waals surface area contributed by atoms with E-state index in [2.05, 4.69) is 20.7 Å². The van der Waals surface area contributed by atoms with Gasteiger partial charge in [-0.3, -0.25) is 9.48 Å². The van der Waals surface area contributed by atoms with Crippen LogP contribution in [0.1, 0.15) is 30.0 Å². The molecule has 2 aromatic heterocycles. The van der Waals surface area contributed by atoms with Crippen molar-refractivity contribution in [3.8, 4) is 5.69 Å². The van der Waals surface area contributed by atoms with Gasteiger partial charge < -0.3 is 15.2 Å². The van der Waals surface area contributed by atoms with Gasteiger partial charge in [-0.15, -0.1) is 0 Å². The maximum absolute atomic E-state index is 12.4. The van der Waals surface area contributed by atoms with Crippen LogP contribution in [0.5, 0.6) is 0 Å². The fourth-order valence-electron chi connectivity index (χ4n) is 3.50. The SMILES string of the molecule is O=C(Cn1ccc([C@@H]2CCCNC2)n1)NCc1ccccc1-n1ccnc1. The number of amides is 1. The number of imidazole rings is 1. The van der Waals surface area contributed by atoms with Crippen LogP contribution < -0.4 is 10.6 Å². The highest BCUT2D eigenvalue weighted by molar-refractivity contribution is 5.75. The Morgan fingerprint density at radius 1 is 1.26 bits per heavy atom. The number of rotatable bonds is 6. The number of para-hydroxylation sites is 1. The molecule has 0 aliphatic carbocycles. The summed E-state index contributed by atoms with van der Waals surface area (Å²) in [5, 5.41) is 11.0. The number of carbonyl (C=O) groups is 1. The third-order valence-electron chi connectivity index (χ3n) is 4.93. The fourth-order valence-corrected chi connectivity index (χ4v) is 3.50. The molecule has 1 amide bonds. The van der Waals surface area contributed by atoms with Gasteiger partial charge in [-0.25, -0.2) is 4.98 Å². The van der Waals surface area contributed by atoms with Crippen LogP contribution >= 0.6 is 0 Å². The van der Waals surface area contributed by atoms with Gasteiger partial charge >= 0.3 is 0 Å². The highest BCUT2D eigenvalue weighted by atomic mass is 16.2. The molecule has 1 saturated heterocycles. The third-order valence-corrected chi connectivity index (χ3v) is 4.93. The minimum absolute atomic E-state index is 0.0492. The molecule has 0 saturated carbocycles. The van der Waals surface area contributed by atoms with Crippen molar-refractivity contribution < 1.29 is 4.79 Å². The molecule has 7 heteroatoms. The Bertz CT molecular complexity index is 880. The average molecular weight is 364 g/mol. The van der Waals surface area contributed by atoms with Gasteiger partial charge in [0.25, 0.3) is 0 Å². The highest BCUT2D eigenvalue weighted by Crippen LogP contribution is 2.21. The van der Waals surface area contributed by atoms with Crippen LogP contribution in [0.25, 0.3) is 5.69 Å². The number of aromatic nitrogens is 4. The van der Waals surface area contributed by atoms with Crippen molar-refractivity contribution in [2.45, 2.75) is 31.8 Å². The topological polar surface area (TPSA) is 76.8 Å². The van der Waals surface area contributed by atoms with E-state index in [0.717, 1.165) is 36.5 Å². The molecule has 0 spiro atoms. The number of hydrogen-bond donors (Lipinski definition) is 2.